The second kappa shape index (κ2) is 6.98. The second-order valence-corrected chi connectivity index (χ2v) is 9.10. The number of fused-ring (bicyclic) bond motifs is 1. The largest absolute Gasteiger partial charge is 0.489 e. The van der Waals surface area contributed by atoms with Crippen molar-refractivity contribution in [3.63, 3.8) is 0 Å². The number of sulfonamides is 1. The van der Waals surface area contributed by atoms with Crippen LogP contribution in [0, 0.1) is 5.92 Å². The summed E-state index contributed by atoms with van der Waals surface area (Å²) < 4.78 is 38.3. The molecule has 0 aliphatic carbocycles. The highest BCUT2D eigenvalue weighted by atomic mass is 32.2. The Kier molecular flexibility index (Phi) is 5.13. The molecule has 0 saturated carbocycles. The van der Waals surface area contributed by atoms with Crippen molar-refractivity contribution in [3.05, 3.63) is 24.5 Å². The zero-order chi connectivity index (χ0) is 17.2. The topological polar surface area (TPSA) is 68.7 Å². The zero-order valence-electron chi connectivity index (χ0n) is 14.3. The van der Waals surface area contributed by atoms with E-state index in [0.717, 1.165) is 18.6 Å². The van der Waals surface area contributed by atoms with Crippen LogP contribution < -0.4 is 4.74 Å². The number of aromatic nitrogens is 1. The Morgan fingerprint density at radius 3 is 3.04 bits per heavy atom. The lowest BCUT2D eigenvalue weighted by molar-refractivity contribution is -0.0655. The summed E-state index contributed by atoms with van der Waals surface area (Å²) >= 11 is 0. The van der Waals surface area contributed by atoms with Gasteiger partial charge >= 0.3 is 0 Å². The predicted octanol–water partition coefficient (Wildman–Crippen LogP) is 2.07. The Labute approximate surface area is 144 Å². The molecule has 0 amide bonds. The lowest BCUT2D eigenvalue weighted by atomic mass is 9.90. The van der Waals surface area contributed by atoms with Gasteiger partial charge in [0.05, 0.1) is 18.1 Å². The van der Waals surface area contributed by atoms with Crippen molar-refractivity contribution < 1.29 is 17.9 Å². The van der Waals surface area contributed by atoms with E-state index >= 15 is 0 Å². The van der Waals surface area contributed by atoms with Crippen LogP contribution in [0.25, 0.3) is 0 Å². The van der Waals surface area contributed by atoms with Crippen LogP contribution in [0.15, 0.2) is 24.5 Å². The first-order valence-corrected chi connectivity index (χ1v) is 10.2. The SMILES string of the molecule is CCCS(=O)(=O)N1CC[C@@H]2O[C@@](C)(COc3cccnc3)C[C@@H]2C1. The molecule has 0 N–H and O–H groups in total. The van der Waals surface area contributed by atoms with Crippen LogP contribution in [-0.4, -0.2) is 54.9 Å². The van der Waals surface area contributed by atoms with Gasteiger partial charge in [-0.1, -0.05) is 6.92 Å². The molecule has 1 aromatic heterocycles. The van der Waals surface area contributed by atoms with Crippen LogP contribution >= 0.6 is 0 Å². The minimum atomic E-state index is -3.13. The maximum atomic E-state index is 12.3. The van der Waals surface area contributed by atoms with Gasteiger partial charge in [-0.15, -0.1) is 0 Å². The average molecular weight is 354 g/mol. The molecule has 7 heteroatoms. The molecular weight excluding hydrogens is 328 g/mol. The standard InChI is InChI=1S/C17H26N2O4S/c1-3-9-24(20,21)19-8-6-16-14(12-19)10-17(2,23-16)13-22-15-5-4-7-18-11-15/h4-5,7,11,14,16H,3,6,8-10,12-13H2,1-2H3/t14-,16+,17-/m1/s1. The van der Waals surface area contributed by atoms with Gasteiger partial charge < -0.3 is 9.47 Å². The summed E-state index contributed by atoms with van der Waals surface area (Å²) in [5.41, 5.74) is -0.379. The number of ether oxygens (including phenoxy) is 2. The van der Waals surface area contributed by atoms with Crippen LogP contribution in [0.2, 0.25) is 0 Å². The van der Waals surface area contributed by atoms with Crippen LogP contribution in [-0.2, 0) is 14.8 Å². The maximum Gasteiger partial charge on any atom is 0.214 e. The van der Waals surface area contributed by atoms with Crippen LogP contribution in [0.4, 0.5) is 0 Å². The van der Waals surface area contributed by atoms with Crippen LogP contribution in [0.3, 0.4) is 0 Å². The van der Waals surface area contributed by atoms with Crippen molar-refractivity contribution in [2.75, 3.05) is 25.4 Å². The normalized spacial score (nSPS) is 30.9. The molecule has 2 fully saturated rings. The summed E-state index contributed by atoms with van der Waals surface area (Å²) in [6.07, 6.45) is 5.75. The Bertz CT molecular complexity index is 652. The number of hydrogen-bond acceptors (Lipinski definition) is 5. The van der Waals surface area contributed by atoms with Crippen molar-refractivity contribution in [2.24, 2.45) is 5.92 Å². The fourth-order valence-corrected chi connectivity index (χ4v) is 5.27. The molecule has 0 aromatic carbocycles. The summed E-state index contributed by atoms with van der Waals surface area (Å²) in [5.74, 6) is 1.20. The fourth-order valence-electron chi connectivity index (χ4n) is 3.70. The van der Waals surface area contributed by atoms with Gasteiger partial charge in [0.15, 0.2) is 0 Å². The van der Waals surface area contributed by atoms with Gasteiger partial charge in [0, 0.05) is 25.2 Å². The predicted molar refractivity (Wildman–Crippen MR) is 91.4 cm³/mol. The molecule has 6 nitrogen and oxygen atoms in total. The van der Waals surface area contributed by atoms with Gasteiger partial charge in [0.25, 0.3) is 0 Å². The summed E-state index contributed by atoms with van der Waals surface area (Å²) in [5, 5.41) is 0. The molecule has 134 valence electrons. The van der Waals surface area contributed by atoms with Crippen LogP contribution in [0.1, 0.15) is 33.1 Å². The molecule has 0 unspecified atom stereocenters. The van der Waals surface area contributed by atoms with E-state index in [1.165, 1.54) is 0 Å². The van der Waals surface area contributed by atoms with Crippen molar-refractivity contribution in [3.8, 4) is 5.75 Å². The third-order valence-corrected chi connectivity index (χ3v) is 6.83. The monoisotopic (exact) mass is 354 g/mol. The summed E-state index contributed by atoms with van der Waals surface area (Å²) in [6, 6.07) is 3.71. The first-order valence-electron chi connectivity index (χ1n) is 8.60. The Morgan fingerprint density at radius 2 is 2.33 bits per heavy atom. The van der Waals surface area contributed by atoms with E-state index in [1.807, 2.05) is 26.0 Å². The molecule has 2 saturated heterocycles. The van der Waals surface area contributed by atoms with Gasteiger partial charge in [-0.05, 0) is 38.3 Å². The van der Waals surface area contributed by atoms with Gasteiger partial charge in [0.1, 0.15) is 18.0 Å². The smallest absolute Gasteiger partial charge is 0.214 e. The molecule has 1 aromatic rings. The molecular formula is C17H26N2O4S. The minimum Gasteiger partial charge on any atom is -0.489 e. The van der Waals surface area contributed by atoms with E-state index in [9.17, 15) is 8.42 Å². The summed E-state index contributed by atoms with van der Waals surface area (Å²) in [4.78, 5) is 4.04. The van der Waals surface area contributed by atoms with E-state index in [0.29, 0.717) is 26.1 Å². The van der Waals surface area contributed by atoms with E-state index in [2.05, 4.69) is 4.98 Å². The fraction of sp³-hybridized carbons (Fsp3) is 0.706. The van der Waals surface area contributed by atoms with E-state index in [4.69, 9.17) is 9.47 Å². The number of pyridine rings is 1. The van der Waals surface area contributed by atoms with Crippen molar-refractivity contribution in [1.29, 1.82) is 0 Å². The van der Waals surface area contributed by atoms with Gasteiger partial charge in [-0.3, -0.25) is 4.98 Å². The zero-order valence-corrected chi connectivity index (χ0v) is 15.2. The summed E-state index contributed by atoms with van der Waals surface area (Å²) in [7, 11) is -3.13. The first kappa shape index (κ1) is 17.6. The first-order chi connectivity index (χ1) is 11.4. The lowest BCUT2D eigenvalue weighted by Crippen LogP contribution is -2.45. The van der Waals surface area contributed by atoms with Gasteiger partial charge in [-0.25, -0.2) is 12.7 Å². The molecule has 3 rings (SSSR count). The number of piperidine rings is 1. The van der Waals surface area contributed by atoms with Crippen molar-refractivity contribution in [1.82, 2.24) is 9.29 Å². The Morgan fingerprint density at radius 1 is 1.50 bits per heavy atom. The van der Waals surface area contributed by atoms with E-state index in [1.54, 1.807) is 16.7 Å². The highest BCUT2D eigenvalue weighted by Gasteiger charge is 2.47. The third kappa shape index (κ3) is 3.90. The Balaban J connectivity index is 1.60. The number of nitrogens with zero attached hydrogens (tertiary/aromatic N) is 2. The highest BCUT2D eigenvalue weighted by molar-refractivity contribution is 7.89. The van der Waals surface area contributed by atoms with E-state index in [-0.39, 0.29) is 23.4 Å². The van der Waals surface area contributed by atoms with Crippen LogP contribution in [0.5, 0.6) is 5.75 Å². The molecule has 2 aliphatic heterocycles. The Hall–Kier alpha value is -1.18. The van der Waals surface area contributed by atoms with E-state index < -0.39 is 10.0 Å². The minimum absolute atomic E-state index is 0.126. The maximum absolute atomic E-state index is 12.3. The quantitative estimate of drug-likeness (QED) is 0.782. The molecule has 2 aliphatic rings. The third-order valence-electron chi connectivity index (χ3n) is 4.79. The molecule has 3 heterocycles. The summed E-state index contributed by atoms with van der Waals surface area (Å²) in [6.45, 7) is 5.52. The molecule has 0 spiro atoms. The number of hydrogen-bond donors (Lipinski definition) is 0. The lowest BCUT2D eigenvalue weighted by Gasteiger charge is -2.33. The highest BCUT2D eigenvalue weighted by Crippen LogP contribution is 2.40. The molecule has 0 bridgehead atoms. The molecule has 0 radical (unpaired) electrons. The van der Waals surface area contributed by atoms with Crippen molar-refractivity contribution in [2.45, 2.75) is 44.8 Å². The number of rotatable bonds is 6. The second-order valence-electron chi connectivity index (χ2n) is 7.01. The average Bonchev–Trinajstić information content (AvgIpc) is 2.90. The van der Waals surface area contributed by atoms with Gasteiger partial charge in [0.2, 0.25) is 10.0 Å². The van der Waals surface area contributed by atoms with Gasteiger partial charge in [-0.2, -0.15) is 0 Å². The molecule has 24 heavy (non-hydrogen) atoms. The van der Waals surface area contributed by atoms with Crippen molar-refractivity contribution >= 4 is 10.0 Å². The molecule has 3 atom stereocenters.